The number of amides is 1. The Hall–Kier alpha value is -1.25. The Labute approximate surface area is 288 Å². The van der Waals surface area contributed by atoms with Crippen molar-refractivity contribution in [3.8, 4) is 0 Å². The third-order valence-electron chi connectivity index (χ3n) is 8.20. The monoisotopic (exact) mass is 689 g/mol. The zero-order chi connectivity index (χ0) is 34.7. The highest BCUT2D eigenvalue weighted by atomic mass is 31.2. The van der Waals surface area contributed by atoms with Crippen molar-refractivity contribution < 1.29 is 37.9 Å². The van der Waals surface area contributed by atoms with E-state index >= 15 is 0 Å². The van der Waals surface area contributed by atoms with Crippen molar-refractivity contribution in [2.24, 2.45) is 0 Å². The number of carbonyl (C=O) groups is 2. The molecule has 0 spiro atoms. The molecule has 2 unspecified atom stereocenters. The lowest BCUT2D eigenvalue weighted by atomic mass is 10.1. The summed E-state index contributed by atoms with van der Waals surface area (Å²) >= 11 is 0. The van der Waals surface area contributed by atoms with Crippen LogP contribution in [0.3, 0.4) is 0 Å². The molecule has 47 heavy (non-hydrogen) atoms. The molecule has 0 aliphatic heterocycles. The number of hydrogen-bond acceptors (Lipinski definition) is 7. The molecule has 0 heterocycles. The van der Waals surface area contributed by atoms with Crippen LogP contribution in [0.4, 0.5) is 0 Å². The van der Waals surface area contributed by atoms with Crippen LogP contribution in [0.5, 0.6) is 0 Å². The van der Waals surface area contributed by atoms with Gasteiger partial charge in [-0.3, -0.25) is 18.6 Å². The van der Waals surface area contributed by atoms with E-state index < -0.39 is 26.5 Å². The molecule has 10 heteroatoms. The molecular formula is C37H72NO8P. The predicted octanol–water partition coefficient (Wildman–Crippen LogP) is 9.88. The van der Waals surface area contributed by atoms with Gasteiger partial charge in [-0.25, -0.2) is 4.57 Å². The number of hydrogen-bond donors (Lipinski definition) is 3. The van der Waals surface area contributed by atoms with Gasteiger partial charge in [0.05, 0.1) is 13.2 Å². The Morgan fingerprint density at radius 1 is 0.638 bits per heavy atom. The number of nitrogens with one attached hydrogen (secondary N) is 1. The molecule has 0 aliphatic rings. The molecule has 3 N–H and O–H groups in total. The Balaban J connectivity index is 3.59. The fraction of sp³-hybridized carbons (Fsp3) is 0.892. The molecule has 2 atom stereocenters. The minimum atomic E-state index is -4.40. The van der Waals surface area contributed by atoms with E-state index in [0.717, 1.165) is 38.5 Å². The number of phosphoric acid groups is 1. The van der Waals surface area contributed by atoms with E-state index in [4.69, 9.17) is 13.8 Å². The van der Waals surface area contributed by atoms with Crippen LogP contribution in [0.2, 0.25) is 0 Å². The van der Waals surface area contributed by atoms with E-state index in [1.54, 1.807) is 0 Å². The summed E-state index contributed by atoms with van der Waals surface area (Å²) in [5, 5.41) is 12.6. The van der Waals surface area contributed by atoms with E-state index in [2.05, 4.69) is 31.3 Å². The van der Waals surface area contributed by atoms with Crippen LogP contribution in [-0.2, 0) is 27.9 Å². The fourth-order valence-electron chi connectivity index (χ4n) is 5.26. The molecule has 278 valence electrons. The van der Waals surface area contributed by atoms with Crippen LogP contribution in [0.15, 0.2) is 12.2 Å². The summed E-state index contributed by atoms with van der Waals surface area (Å²) in [5.41, 5.74) is 0. The lowest BCUT2D eigenvalue weighted by molar-refractivity contribution is -0.147. The van der Waals surface area contributed by atoms with E-state index in [0.29, 0.717) is 6.42 Å². The van der Waals surface area contributed by atoms with Gasteiger partial charge in [0.25, 0.3) is 0 Å². The minimum Gasteiger partial charge on any atom is -0.463 e. The minimum absolute atomic E-state index is 0.0843. The molecule has 0 fully saturated rings. The summed E-state index contributed by atoms with van der Waals surface area (Å²) < 4.78 is 26.7. The van der Waals surface area contributed by atoms with Crippen LogP contribution in [0, 0.1) is 0 Å². The number of ether oxygens (including phenoxy) is 1. The molecule has 0 bridgehead atoms. The number of carbonyl (C=O) groups excluding carboxylic acids is 2. The Morgan fingerprint density at radius 2 is 1.09 bits per heavy atom. The Kier molecular flexibility index (Phi) is 33.7. The van der Waals surface area contributed by atoms with Crippen LogP contribution in [0.25, 0.3) is 0 Å². The molecule has 0 aliphatic carbocycles. The number of phosphoric ester groups is 1. The Bertz CT molecular complexity index is 794. The van der Waals surface area contributed by atoms with Gasteiger partial charge < -0.3 is 20.1 Å². The molecule has 0 aromatic heterocycles. The standard InChI is InChI=1S/C37H72NO8P/c1-3-5-7-9-11-13-14-15-16-17-18-19-20-21-22-24-26-28-30-37(41)44-33-35(39)34-46-47(42,43)45-32-31-38-36(40)29-27-25-23-12-10-8-6-4-2/h16-17,35,39H,3-15,18-34H2,1-2H3,(H,38,40)(H,42,43)/b17-16-. The SMILES string of the molecule is CCCCCCCCC/C=C\CCCCCCCCCC(=O)OCC(O)COP(=O)(O)OCCNC(=O)CCCCCCCCCC. The number of aliphatic hydroxyl groups excluding tert-OH is 1. The van der Waals surface area contributed by atoms with Crippen molar-refractivity contribution in [2.75, 3.05) is 26.4 Å². The van der Waals surface area contributed by atoms with Gasteiger partial charge in [0.2, 0.25) is 5.91 Å². The number of allylic oxidation sites excluding steroid dienone is 2. The van der Waals surface area contributed by atoms with Gasteiger partial charge in [-0.2, -0.15) is 0 Å². The summed E-state index contributed by atoms with van der Waals surface area (Å²) in [6.45, 7) is 3.51. The molecule has 0 rings (SSSR count). The first-order valence-electron chi connectivity index (χ1n) is 19.2. The third-order valence-corrected chi connectivity index (χ3v) is 9.18. The summed E-state index contributed by atoms with van der Waals surface area (Å²) in [6.07, 6.45) is 32.9. The van der Waals surface area contributed by atoms with Crippen LogP contribution in [0.1, 0.15) is 181 Å². The zero-order valence-corrected chi connectivity index (χ0v) is 31.1. The first-order chi connectivity index (χ1) is 22.8. The molecule has 0 saturated heterocycles. The molecule has 0 aromatic carbocycles. The molecular weight excluding hydrogens is 617 g/mol. The number of rotatable bonds is 36. The molecule has 0 radical (unpaired) electrons. The van der Waals surface area contributed by atoms with Gasteiger partial charge in [0.15, 0.2) is 0 Å². The van der Waals surface area contributed by atoms with Crippen molar-refractivity contribution >= 4 is 19.7 Å². The summed E-state index contributed by atoms with van der Waals surface area (Å²) in [5.74, 6) is -0.521. The van der Waals surface area contributed by atoms with Crippen molar-refractivity contribution in [1.29, 1.82) is 0 Å². The van der Waals surface area contributed by atoms with Crippen molar-refractivity contribution in [1.82, 2.24) is 5.32 Å². The first kappa shape index (κ1) is 45.8. The maximum Gasteiger partial charge on any atom is 0.472 e. The second kappa shape index (κ2) is 34.6. The maximum absolute atomic E-state index is 12.0. The van der Waals surface area contributed by atoms with E-state index in [-0.39, 0.29) is 32.1 Å². The van der Waals surface area contributed by atoms with Gasteiger partial charge in [-0.15, -0.1) is 0 Å². The molecule has 0 saturated carbocycles. The number of esters is 1. The van der Waals surface area contributed by atoms with Gasteiger partial charge >= 0.3 is 13.8 Å². The van der Waals surface area contributed by atoms with Crippen molar-refractivity contribution in [3.63, 3.8) is 0 Å². The highest BCUT2D eigenvalue weighted by Gasteiger charge is 2.23. The van der Waals surface area contributed by atoms with Crippen LogP contribution >= 0.6 is 7.82 Å². The van der Waals surface area contributed by atoms with Crippen LogP contribution < -0.4 is 5.32 Å². The fourth-order valence-corrected chi connectivity index (χ4v) is 6.01. The average Bonchev–Trinajstić information content (AvgIpc) is 3.05. The molecule has 9 nitrogen and oxygen atoms in total. The average molecular weight is 690 g/mol. The van der Waals surface area contributed by atoms with E-state index in [1.165, 1.54) is 116 Å². The van der Waals surface area contributed by atoms with Gasteiger partial charge in [0, 0.05) is 19.4 Å². The Morgan fingerprint density at radius 3 is 1.60 bits per heavy atom. The lowest BCUT2D eigenvalue weighted by Gasteiger charge is -2.15. The summed E-state index contributed by atoms with van der Waals surface area (Å²) in [6, 6.07) is 0. The predicted molar refractivity (Wildman–Crippen MR) is 192 cm³/mol. The van der Waals surface area contributed by atoms with E-state index in [1.807, 2.05) is 0 Å². The van der Waals surface area contributed by atoms with Crippen molar-refractivity contribution in [3.05, 3.63) is 12.2 Å². The number of aliphatic hydroxyl groups is 1. The second-order valence-corrected chi connectivity index (χ2v) is 14.4. The van der Waals surface area contributed by atoms with Crippen molar-refractivity contribution in [2.45, 2.75) is 187 Å². The van der Waals surface area contributed by atoms with E-state index in [9.17, 15) is 24.2 Å². The lowest BCUT2D eigenvalue weighted by Crippen LogP contribution is -2.27. The molecule has 0 aromatic rings. The third kappa shape index (κ3) is 35.9. The van der Waals surface area contributed by atoms with Crippen LogP contribution in [-0.4, -0.2) is 54.3 Å². The quantitative estimate of drug-likeness (QED) is 0.0256. The van der Waals surface area contributed by atoms with Gasteiger partial charge in [0.1, 0.15) is 12.7 Å². The largest absolute Gasteiger partial charge is 0.472 e. The van der Waals surface area contributed by atoms with Gasteiger partial charge in [-0.1, -0.05) is 142 Å². The summed E-state index contributed by atoms with van der Waals surface area (Å²) in [7, 11) is -4.40. The number of unbranched alkanes of at least 4 members (excludes halogenated alkanes) is 21. The topological polar surface area (TPSA) is 131 Å². The highest BCUT2D eigenvalue weighted by molar-refractivity contribution is 7.47. The normalized spacial score (nSPS) is 13.5. The highest BCUT2D eigenvalue weighted by Crippen LogP contribution is 2.42. The summed E-state index contributed by atoms with van der Waals surface area (Å²) in [4.78, 5) is 33.6. The smallest absolute Gasteiger partial charge is 0.463 e. The first-order valence-corrected chi connectivity index (χ1v) is 20.7. The van der Waals surface area contributed by atoms with Gasteiger partial charge in [-0.05, 0) is 38.5 Å². The zero-order valence-electron chi connectivity index (χ0n) is 30.2. The second-order valence-electron chi connectivity index (χ2n) is 12.9. The maximum atomic E-state index is 12.0. The molecule has 1 amide bonds.